The Morgan fingerprint density at radius 3 is 2.71 bits per heavy atom. The van der Waals surface area contributed by atoms with Gasteiger partial charge in [0.25, 0.3) is 11.8 Å². The maximum absolute atomic E-state index is 13.7. The number of aromatic nitrogens is 2. The van der Waals surface area contributed by atoms with E-state index in [1.165, 1.54) is 29.5 Å². The zero-order chi connectivity index (χ0) is 27.1. The number of aromatic amines is 1. The summed E-state index contributed by atoms with van der Waals surface area (Å²) in [6, 6.07) is 3.17. The Hall–Kier alpha value is -3.02. The van der Waals surface area contributed by atoms with Gasteiger partial charge in [0.1, 0.15) is 11.5 Å². The predicted octanol–water partition coefficient (Wildman–Crippen LogP) is 3.19. The van der Waals surface area contributed by atoms with Crippen molar-refractivity contribution in [3.8, 4) is 0 Å². The van der Waals surface area contributed by atoms with E-state index in [9.17, 15) is 18.8 Å². The molecule has 1 fully saturated rings. The van der Waals surface area contributed by atoms with Gasteiger partial charge in [-0.1, -0.05) is 11.6 Å². The average Bonchev–Trinajstić information content (AvgIpc) is 3.45. The number of fused-ring (bicyclic) bond motifs is 2. The largest absolute Gasteiger partial charge is 0.349 e. The summed E-state index contributed by atoms with van der Waals surface area (Å²) in [4.78, 5) is 51.6. The van der Waals surface area contributed by atoms with Crippen LogP contribution in [0, 0.1) is 11.7 Å². The van der Waals surface area contributed by atoms with Gasteiger partial charge in [-0.05, 0) is 44.5 Å². The van der Waals surface area contributed by atoms with Crippen LogP contribution in [0.5, 0.6) is 0 Å². The number of nitrogens with one attached hydrogen (secondary N) is 3. The molecule has 2 aromatic heterocycles. The molecule has 3 N–H and O–H groups in total. The molecular formula is C26H30ClFN6O3S. The number of nitrogens with zero attached hydrogens (tertiary/aromatic N) is 3. The molecule has 0 radical (unpaired) electrons. The zero-order valence-electron chi connectivity index (χ0n) is 21.4. The fourth-order valence-electron chi connectivity index (χ4n) is 5.27. The Morgan fingerprint density at radius 1 is 1.18 bits per heavy atom. The van der Waals surface area contributed by atoms with E-state index in [1.54, 1.807) is 19.0 Å². The van der Waals surface area contributed by atoms with Crippen molar-refractivity contribution in [2.24, 2.45) is 5.92 Å². The summed E-state index contributed by atoms with van der Waals surface area (Å²) in [5.41, 5.74) is 1.63. The van der Waals surface area contributed by atoms with E-state index in [4.69, 9.17) is 11.6 Å². The molecule has 3 aromatic rings. The predicted molar refractivity (Wildman–Crippen MR) is 144 cm³/mol. The summed E-state index contributed by atoms with van der Waals surface area (Å²) in [5.74, 6) is -1.51. The van der Waals surface area contributed by atoms with Crippen LogP contribution < -0.4 is 10.6 Å². The highest BCUT2D eigenvalue weighted by atomic mass is 35.5. The molecule has 1 aliphatic carbocycles. The lowest BCUT2D eigenvalue weighted by Crippen LogP contribution is -2.56. The Morgan fingerprint density at radius 2 is 1.95 bits per heavy atom. The fourth-order valence-corrected chi connectivity index (χ4v) is 6.65. The van der Waals surface area contributed by atoms with Crippen molar-refractivity contribution >= 4 is 51.6 Å². The van der Waals surface area contributed by atoms with Crippen LogP contribution in [0.1, 0.15) is 50.1 Å². The maximum Gasteiger partial charge on any atom is 0.280 e. The molecule has 3 heterocycles. The van der Waals surface area contributed by atoms with Gasteiger partial charge in [-0.2, -0.15) is 0 Å². The molecule has 1 aromatic carbocycles. The number of halogens is 2. The number of amides is 3. The highest BCUT2D eigenvalue weighted by molar-refractivity contribution is 7.13. The molecule has 3 amide bonds. The molecule has 5 rings (SSSR count). The number of rotatable bonds is 5. The van der Waals surface area contributed by atoms with E-state index in [1.807, 2.05) is 7.05 Å². The van der Waals surface area contributed by atoms with E-state index in [0.717, 1.165) is 30.1 Å². The van der Waals surface area contributed by atoms with Gasteiger partial charge in [0.2, 0.25) is 5.91 Å². The third-order valence-electron chi connectivity index (χ3n) is 7.31. The highest BCUT2D eigenvalue weighted by Crippen LogP contribution is 2.31. The van der Waals surface area contributed by atoms with Gasteiger partial charge in [-0.25, -0.2) is 9.37 Å². The summed E-state index contributed by atoms with van der Waals surface area (Å²) < 4.78 is 13.7. The van der Waals surface area contributed by atoms with Gasteiger partial charge >= 0.3 is 0 Å². The lowest BCUT2D eigenvalue weighted by molar-refractivity contribution is -0.134. The summed E-state index contributed by atoms with van der Waals surface area (Å²) in [5, 5.41) is 6.98. The van der Waals surface area contributed by atoms with Crippen LogP contribution >= 0.6 is 22.9 Å². The first-order chi connectivity index (χ1) is 18.1. The topological polar surface area (TPSA) is 110 Å². The van der Waals surface area contributed by atoms with E-state index >= 15 is 0 Å². The zero-order valence-corrected chi connectivity index (χ0v) is 23.0. The normalized spacial score (nSPS) is 21.7. The molecule has 3 atom stereocenters. The van der Waals surface area contributed by atoms with Crippen LogP contribution in [-0.2, 0) is 17.8 Å². The Balaban J connectivity index is 1.36. The fraction of sp³-hybridized carbons (Fsp3) is 0.462. The third kappa shape index (κ3) is 5.27. The van der Waals surface area contributed by atoms with Crippen molar-refractivity contribution in [1.82, 2.24) is 30.4 Å². The second-order valence-electron chi connectivity index (χ2n) is 10.3. The second-order valence-corrected chi connectivity index (χ2v) is 11.7. The van der Waals surface area contributed by atoms with Crippen LogP contribution in [0.25, 0.3) is 10.9 Å². The van der Waals surface area contributed by atoms with Crippen molar-refractivity contribution in [2.45, 2.75) is 44.3 Å². The molecule has 38 heavy (non-hydrogen) atoms. The summed E-state index contributed by atoms with van der Waals surface area (Å²) in [6.45, 7) is 1.66. The van der Waals surface area contributed by atoms with Gasteiger partial charge in [-0.15, -0.1) is 11.3 Å². The Bertz CT molecular complexity index is 1410. The molecule has 0 spiro atoms. The molecular weight excluding hydrogens is 531 g/mol. The van der Waals surface area contributed by atoms with E-state index in [2.05, 4.69) is 25.5 Å². The van der Waals surface area contributed by atoms with Gasteiger partial charge in [0.05, 0.1) is 16.8 Å². The van der Waals surface area contributed by atoms with E-state index in [-0.39, 0.29) is 28.4 Å². The number of H-pyrrole nitrogens is 1. The van der Waals surface area contributed by atoms with Gasteiger partial charge in [0.15, 0.2) is 5.01 Å². The second kappa shape index (κ2) is 10.6. The molecule has 0 saturated heterocycles. The van der Waals surface area contributed by atoms with E-state index < -0.39 is 23.8 Å². The highest BCUT2D eigenvalue weighted by Gasteiger charge is 2.37. The minimum absolute atomic E-state index is 0.0116. The molecule has 1 saturated carbocycles. The molecule has 2 aliphatic rings. The van der Waals surface area contributed by atoms with Crippen molar-refractivity contribution in [1.29, 1.82) is 0 Å². The van der Waals surface area contributed by atoms with Crippen molar-refractivity contribution in [3.63, 3.8) is 0 Å². The van der Waals surface area contributed by atoms with E-state index in [0.29, 0.717) is 35.2 Å². The maximum atomic E-state index is 13.7. The van der Waals surface area contributed by atoms with Crippen LogP contribution in [0.2, 0.25) is 5.02 Å². The molecule has 3 unspecified atom stereocenters. The summed E-state index contributed by atoms with van der Waals surface area (Å²) in [6.07, 6.45) is 2.24. The SMILES string of the molecule is CN1CCc2nc(C(=O)NC3CC(C(=O)N(C)C)CCC3NC(=O)c3[nH]c4ccc(F)cc4c3Cl)sc2C1. The number of hydrogen-bond donors (Lipinski definition) is 3. The number of benzene rings is 1. The van der Waals surface area contributed by atoms with Crippen LogP contribution in [0.4, 0.5) is 4.39 Å². The van der Waals surface area contributed by atoms with Crippen LogP contribution in [-0.4, -0.2) is 77.3 Å². The smallest absolute Gasteiger partial charge is 0.280 e. The monoisotopic (exact) mass is 560 g/mol. The molecule has 0 bridgehead atoms. The first-order valence-corrected chi connectivity index (χ1v) is 13.8. The lowest BCUT2D eigenvalue weighted by Gasteiger charge is -2.37. The van der Waals surface area contributed by atoms with Gasteiger partial charge in [-0.3, -0.25) is 14.4 Å². The van der Waals surface area contributed by atoms with Crippen molar-refractivity contribution in [3.05, 3.63) is 50.3 Å². The average molecular weight is 561 g/mol. The summed E-state index contributed by atoms with van der Waals surface area (Å²) >= 11 is 7.80. The molecule has 202 valence electrons. The van der Waals surface area contributed by atoms with Gasteiger partial charge in [0, 0.05) is 61.3 Å². The Kier molecular flexibility index (Phi) is 7.43. The summed E-state index contributed by atoms with van der Waals surface area (Å²) in [7, 11) is 5.46. The van der Waals surface area contributed by atoms with Crippen LogP contribution in [0.15, 0.2) is 18.2 Å². The first kappa shape index (κ1) is 26.6. The quantitative estimate of drug-likeness (QED) is 0.444. The number of carbonyl (C=O) groups excluding carboxylic acids is 3. The lowest BCUT2D eigenvalue weighted by atomic mass is 9.81. The van der Waals surface area contributed by atoms with Gasteiger partial charge < -0.3 is 25.4 Å². The number of thiazole rings is 1. The standard InChI is InChI=1S/C26H30ClFN6O3S/c1-33(2)26(37)13-4-6-17(30-23(35)22-21(27)15-11-14(28)5-7-16(15)29-22)19(10-13)31-24(36)25-32-18-8-9-34(3)12-20(18)38-25/h5,7,11,13,17,19,29H,4,6,8-10,12H2,1-3H3,(H,30,35)(H,31,36). The number of carbonyl (C=O) groups is 3. The molecule has 12 heteroatoms. The van der Waals surface area contributed by atoms with Crippen molar-refractivity contribution < 1.29 is 18.8 Å². The number of hydrogen-bond acceptors (Lipinski definition) is 6. The third-order valence-corrected chi connectivity index (χ3v) is 8.79. The minimum atomic E-state index is -0.488. The number of likely N-dealkylation sites (N-methyl/N-ethyl adjacent to an activating group) is 1. The molecule has 1 aliphatic heterocycles. The van der Waals surface area contributed by atoms with Crippen molar-refractivity contribution in [2.75, 3.05) is 27.7 Å². The first-order valence-electron chi connectivity index (χ1n) is 12.6. The van der Waals surface area contributed by atoms with Crippen LogP contribution in [0.3, 0.4) is 0 Å². The Labute approximate surface area is 228 Å². The minimum Gasteiger partial charge on any atom is -0.349 e. The molecule has 9 nitrogen and oxygen atoms in total.